The van der Waals surface area contributed by atoms with Crippen LogP contribution in [0, 0.1) is 5.92 Å². The van der Waals surface area contributed by atoms with Gasteiger partial charge in [0.25, 0.3) is 0 Å². The van der Waals surface area contributed by atoms with Crippen LogP contribution in [0.2, 0.25) is 0 Å². The fourth-order valence-electron chi connectivity index (χ4n) is 2.77. The molecule has 0 atom stereocenters. The number of piperidine rings is 1. The summed E-state index contributed by atoms with van der Waals surface area (Å²) in [6.45, 7) is 6.87. The summed E-state index contributed by atoms with van der Waals surface area (Å²) < 4.78 is 10.2. The van der Waals surface area contributed by atoms with Gasteiger partial charge < -0.3 is 14.4 Å². The van der Waals surface area contributed by atoms with Crippen molar-refractivity contribution in [2.75, 3.05) is 52.5 Å². The summed E-state index contributed by atoms with van der Waals surface area (Å²) >= 11 is 0. The summed E-state index contributed by atoms with van der Waals surface area (Å²) in [4.78, 5) is 27.7. The minimum absolute atomic E-state index is 0.103. The lowest BCUT2D eigenvalue weighted by atomic mass is 9.95. The van der Waals surface area contributed by atoms with Crippen molar-refractivity contribution < 1.29 is 19.1 Å². The Morgan fingerprint density at radius 1 is 1.15 bits per heavy atom. The lowest BCUT2D eigenvalue weighted by molar-refractivity contribution is -0.145. The second-order valence-electron chi connectivity index (χ2n) is 5.29. The predicted molar refractivity (Wildman–Crippen MR) is 73.2 cm³/mol. The molecule has 2 fully saturated rings. The molecule has 0 N–H and O–H groups in total. The van der Waals surface area contributed by atoms with Crippen LogP contribution in [-0.4, -0.2) is 74.2 Å². The van der Waals surface area contributed by atoms with E-state index in [2.05, 4.69) is 4.90 Å². The molecule has 114 valence electrons. The number of carbonyl (C=O) groups is 2. The molecule has 20 heavy (non-hydrogen) atoms. The third-order valence-corrected chi connectivity index (χ3v) is 3.92. The fraction of sp³-hybridized carbons (Fsp3) is 0.857. The van der Waals surface area contributed by atoms with Gasteiger partial charge >= 0.3 is 5.97 Å². The van der Waals surface area contributed by atoms with Crippen molar-refractivity contribution in [3.05, 3.63) is 0 Å². The molecule has 0 unspecified atom stereocenters. The molecule has 2 aliphatic rings. The van der Waals surface area contributed by atoms with Gasteiger partial charge in [0.15, 0.2) is 0 Å². The van der Waals surface area contributed by atoms with Gasteiger partial charge in [-0.25, -0.2) is 0 Å². The van der Waals surface area contributed by atoms with Crippen LogP contribution in [0.5, 0.6) is 0 Å². The summed E-state index contributed by atoms with van der Waals surface area (Å²) in [5.74, 6) is 0.182. The largest absolute Gasteiger partial charge is 0.465 e. The molecule has 0 radical (unpaired) electrons. The summed E-state index contributed by atoms with van der Waals surface area (Å²) in [6.07, 6.45) is 1.66. The first-order valence-corrected chi connectivity index (χ1v) is 7.45. The molecule has 2 heterocycles. The number of likely N-dealkylation sites (tertiary alicyclic amines) is 1. The Morgan fingerprint density at radius 3 is 2.40 bits per heavy atom. The molecule has 0 aromatic carbocycles. The van der Waals surface area contributed by atoms with Gasteiger partial charge in [0, 0.05) is 19.0 Å². The summed E-state index contributed by atoms with van der Waals surface area (Å²) in [5.41, 5.74) is 0. The first kappa shape index (κ1) is 15.3. The van der Waals surface area contributed by atoms with Gasteiger partial charge in [-0.3, -0.25) is 14.5 Å². The van der Waals surface area contributed by atoms with Crippen molar-refractivity contribution in [3.63, 3.8) is 0 Å². The quantitative estimate of drug-likeness (QED) is 0.686. The van der Waals surface area contributed by atoms with Gasteiger partial charge in [-0.1, -0.05) is 0 Å². The number of esters is 1. The Labute approximate surface area is 120 Å². The Morgan fingerprint density at radius 2 is 1.80 bits per heavy atom. The highest BCUT2D eigenvalue weighted by atomic mass is 16.5. The van der Waals surface area contributed by atoms with E-state index in [1.54, 1.807) is 0 Å². The number of carbonyl (C=O) groups excluding carboxylic acids is 2. The molecule has 0 aromatic heterocycles. The van der Waals surface area contributed by atoms with E-state index in [1.165, 1.54) is 0 Å². The summed E-state index contributed by atoms with van der Waals surface area (Å²) in [5, 5.41) is 0. The molecule has 0 saturated carbocycles. The van der Waals surface area contributed by atoms with Crippen LogP contribution < -0.4 is 0 Å². The van der Waals surface area contributed by atoms with Gasteiger partial charge in [-0.05, 0) is 32.9 Å². The molecule has 2 rings (SSSR count). The smallest absolute Gasteiger partial charge is 0.320 e. The number of morpholine rings is 1. The van der Waals surface area contributed by atoms with Crippen molar-refractivity contribution in [1.29, 1.82) is 0 Å². The van der Waals surface area contributed by atoms with Gasteiger partial charge in [-0.15, -0.1) is 0 Å². The van der Waals surface area contributed by atoms with Crippen molar-refractivity contribution in [2.45, 2.75) is 19.8 Å². The molecule has 0 aromatic rings. The van der Waals surface area contributed by atoms with E-state index in [-0.39, 0.29) is 17.8 Å². The van der Waals surface area contributed by atoms with Crippen molar-refractivity contribution in [3.8, 4) is 0 Å². The third kappa shape index (κ3) is 4.18. The van der Waals surface area contributed by atoms with E-state index in [4.69, 9.17) is 9.47 Å². The SMILES string of the molecule is CCOC(=O)CN1CCC(C(=O)N2CCOCC2)CC1. The zero-order valence-corrected chi connectivity index (χ0v) is 12.2. The molecular weight excluding hydrogens is 260 g/mol. The van der Waals surface area contributed by atoms with Crippen molar-refractivity contribution in [1.82, 2.24) is 9.80 Å². The molecular formula is C14H24N2O4. The molecule has 2 aliphatic heterocycles. The predicted octanol–water partition coefficient (Wildman–Crippen LogP) is 0.120. The molecule has 6 nitrogen and oxygen atoms in total. The van der Waals surface area contributed by atoms with E-state index < -0.39 is 0 Å². The Bertz CT molecular complexity index is 334. The normalized spacial score (nSPS) is 21.8. The number of rotatable bonds is 4. The van der Waals surface area contributed by atoms with Crippen LogP contribution in [0.15, 0.2) is 0 Å². The average molecular weight is 284 g/mol. The van der Waals surface area contributed by atoms with E-state index in [9.17, 15) is 9.59 Å². The Kier molecular flexibility index (Phi) is 5.79. The van der Waals surface area contributed by atoms with E-state index in [0.29, 0.717) is 39.5 Å². The zero-order chi connectivity index (χ0) is 14.4. The maximum Gasteiger partial charge on any atom is 0.320 e. The molecule has 0 bridgehead atoms. The number of amides is 1. The summed E-state index contributed by atoms with van der Waals surface area (Å²) in [7, 11) is 0. The minimum Gasteiger partial charge on any atom is -0.465 e. The number of hydrogen-bond acceptors (Lipinski definition) is 5. The fourth-order valence-corrected chi connectivity index (χ4v) is 2.77. The van der Waals surface area contributed by atoms with Crippen LogP contribution in [0.4, 0.5) is 0 Å². The third-order valence-electron chi connectivity index (χ3n) is 3.92. The van der Waals surface area contributed by atoms with Crippen LogP contribution in [-0.2, 0) is 19.1 Å². The highest BCUT2D eigenvalue weighted by molar-refractivity contribution is 5.79. The number of nitrogens with zero attached hydrogens (tertiary/aromatic N) is 2. The average Bonchev–Trinajstić information content (AvgIpc) is 2.48. The van der Waals surface area contributed by atoms with Gasteiger partial charge in [0.05, 0.1) is 26.4 Å². The lowest BCUT2D eigenvalue weighted by Crippen LogP contribution is -2.47. The van der Waals surface area contributed by atoms with E-state index in [1.807, 2.05) is 11.8 Å². The molecule has 6 heteroatoms. The topological polar surface area (TPSA) is 59.1 Å². The van der Waals surface area contributed by atoms with Crippen molar-refractivity contribution in [2.24, 2.45) is 5.92 Å². The van der Waals surface area contributed by atoms with Crippen LogP contribution in [0.3, 0.4) is 0 Å². The van der Waals surface area contributed by atoms with Gasteiger partial charge in [0.1, 0.15) is 0 Å². The van der Waals surface area contributed by atoms with Crippen LogP contribution >= 0.6 is 0 Å². The Balaban J connectivity index is 1.73. The van der Waals surface area contributed by atoms with Gasteiger partial charge in [-0.2, -0.15) is 0 Å². The van der Waals surface area contributed by atoms with Crippen LogP contribution in [0.1, 0.15) is 19.8 Å². The highest BCUT2D eigenvalue weighted by Gasteiger charge is 2.29. The molecule has 2 saturated heterocycles. The van der Waals surface area contributed by atoms with Crippen LogP contribution in [0.25, 0.3) is 0 Å². The lowest BCUT2D eigenvalue weighted by Gasteiger charge is -2.35. The second-order valence-corrected chi connectivity index (χ2v) is 5.29. The standard InChI is InChI=1S/C14H24N2O4/c1-2-20-13(17)11-15-5-3-12(4-6-15)14(18)16-7-9-19-10-8-16/h12H,2-11H2,1H3. The maximum atomic E-state index is 12.3. The zero-order valence-electron chi connectivity index (χ0n) is 12.2. The first-order valence-electron chi connectivity index (χ1n) is 7.45. The van der Waals surface area contributed by atoms with E-state index in [0.717, 1.165) is 25.9 Å². The summed E-state index contributed by atoms with van der Waals surface area (Å²) in [6, 6.07) is 0. The first-order chi connectivity index (χ1) is 9.70. The highest BCUT2D eigenvalue weighted by Crippen LogP contribution is 2.20. The number of hydrogen-bond donors (Lipinski definition) is 0. The minimum atomic E-state index is -0.176. The molecule has 0 aliphatic carbocycles. The van der Waals surface area contributed by atoms with Crippen molar-refractivity contribution >= 4 is 11.9 Å². The monoisotopic (exact) mass is 284 g/mol. The van der Waals surface area contributed by atoms with E-state index >= 15 is 0 Å². The molecule has 0 spiro atoms. The maximum absolute atomic E-state index is 12.3. The van der Waals surface area contributed by atoms with Gasteiger partial charge in [0.2, 0.25) is 5.91 Å². The number of ether oxygens (including phenoxy) is 2. The molecule has 1 amide bonds. The second kappa shape index (κ2) is 7.59. The Hall–Kier alpha value is -1.14.